The second kappa shape index (κ2) is 6.74. The highest BCUT2D eigenvalue weighted by Gasteiger charge is 2.43. The normalized spacial score (nSPS) is 28.8. The van der Waals surface area contributed by atoms with Crippen LogP contribution < -0.4 is 5.32 Å². The van der Waals surface area contributed by atoms with E-state index in [-0.39, 0.29) is 6.04 Å². The molecule has 0 bridgehead atoms. The van der Waals surface area contributed by atoms with Crippen molar-refractivity contribution in [2.75, 3.05) is 6.54 Å². The van der Waals surface area contributed by atoms with E-state index in [4.69, 9.17) is 0 Å². The van der Waals surface area contributed by atoms with Crippen molar-refractivity contribution in [3.8, 4) is 0 Å². The first-order valence-electron chi connectivity index (χ1n) is 8.21. The van der Waals surface area contributed by atoms with Gasteiger partial charge in [-0.05, 0) is 31.1 Å². The zero-order chi connectivity index (χ0) is 13.8. The molecule has 0 radical (unpaired) electrons. The molecule has 1 amide bonds. The summed E-state index contributed by atoms with van der Waals surface area (Å²) in [6.45, 7) is 7.47. The molecule has 1 heterocycles. The van der Waals surface area contributed by atoms with Crippen LogP contribution in [0.15, 0.2) is 0 Å². The highest BCUT2D eigenvalue weighted by molar-refractivity contribution is 5.84. The number of nitrogens with one attached hydrogen (secondary N) is 1. The fraction of sp³-hybridized carbons (Fsp3) is 0.938. The second-order valence-electron chi connectivity index (χ2n) is 6.62. The maximum Gasteiger partial charge on any atom is 0.241 e. The van der Waals surface area contributed by atoms with E-state index in [1.807, 2.05) is 0 Å². The summed E-state index contributed by atoms with van der Waals surface area (Å²) >= 11 is 0. The molecular weight excluding hydrogens is 236 g/mol. The Kier molecular flexibility index (Phi) is 5.26. The molecule has 110 valence electrons. The molecule has 19 heavy (non-hydrogen) atoms. The van der Waals surface area contributed by atoms with Crippen molar-refractivity contribution in [2.24, 2.45) is 11.8 Å². The lowest BCUT2D eigenvalue weighted by Crippen LogP contribution is -2.43. The van der Waals surface area contributed by atoms with E-state index >= 15 is 0 Å². The Balaban J connectivity index is 2.02. The second-order valence-corrected chi connectivity index (χ2v) is 6.62. The van der Waals surface area contributed by atoms with Crippen molar-refractivity contribution in [3.05, 3.63) is 0 Å². The maximum absolute atomic E-state index is 12.6. The first-order valence-corrected chi connectivity index (χ1v) is 8.21. The highest BCUT2D eigenvalue weighted by atomic mass is 16.2. The minimum Gasteiger partial charge on any atom is -0.326 e. The topological polar surface area (TPSA) is 32.3 Å². The van der Waals surface area contributed by atoms with E-state index in [1.165, 1.54) is 38.5 Å². The number of amides is 1. The summed E-state index contributed by atoms with van der Waals surface area (Å²) in [4.78, 5) is 14.7. The molecule has 1 saturated carbocycles. The minimum absolute atomic E-state index is 0.0484. The Bertz CT molecular complexity index is 297. The van der Waals surface area contributed by atoms with Gasteiger partial charge in [-0.1, -0.05) is 46.5 Å². The van der Waals surface area contributed by atoms with Crippen LogP contribution in [0.25, 0.3) is 0 Å². The lowest BCUT2D eigenvalue weighted by molar-refractivity contribution is -0.131. The molecule has 0 aromatic rings. The molecule has 0 aromatic carbocycles. The average Bonchev–Trinajstić information content (AvgIpc) is 2.98. The van der Waals surface area contributed by atoms with Gasteiger partial charge in [0, 0.05) is 6.54 Å². The van der Waals surface area contributed by atoms with Crippen molar-refractivity contribution >= 4 is 5.91 Å². The molecule has 2 atom stereocenters. The van der Waals surface area contributed by atoms with Gasteiger partial charge < -0.3 is 4.90 Å². The Hall–Kier alpha value is -0.570. The van der Waals surface area contributed by atoms with Crippen LogP contribution in [0, 0.1) is 11.8 Å². The summed E-state index contributed by atoms with van der Waals surface area (Å²) in [6.07, 6.45) is 9.18. The van der Waals surface area contributed by atoms with Crippen LogP contribution in [0.5, 0.6) is 0 Å². The third-order valence-electron chi connectivity index (χ3n) is 4.75. The zero-order valence-corrected chi connectivity index (χ0v) is 12.8. The molecule has 2 unspecified atom stereocenters. The maximum atomic E-state index is 12.6. The van der Waals surface area contributed by atoms with Crippen LogP contribution in [0.4, 0.5) is 0 Å². The van der Waals surface area contributed by atoms with Crippen molar-refractivity contribution in [1.29, 1.82) is 0 Å². The van der Waals surface area contributed by atoms with E-state index in [2.05, 4.69) is 31.0 Å². The Morgan fingerprint density at radius 1 is 1.26 bits per heavy atom. The third kappa shape index (κ3) is 3.31. The van der Waals surface area contributed by atoms with Crippen LogP contribution in [-0.2, 0) is 4.79 Å². The lowest BCUT2D eigenvalue weighted by atomic mass is 10.0. The van der Waals surface area contributed by atoms with Gasteiger partial charge in [0.2, 0.25) is 5.91 Å². The number of carbonyl (C=O) groups excluding carboxylic acids is 1. The minimum atomic E-state index is 0.0484. The van der Waals surface area contributed by atoms with Crippen molar-refractivity contribution < 1.29 is 4.79 Å². The molecule has 1 saturated heterocycles. The first-order chi connectivity index (χ1) is 9.15. The molecule has 0 aromatic heterocycles. The van der Waals surface area contributed by atoms with Crippen LogP contribution >= 0.6 is 0 Å². The number of hydrogen-bond acceptors (Lipinski definition) is 2. The van der Waals surface area contributed by atoms with Crippen molar-refractivity contribution in [2.45, 2.75) is 77.9 Å². The summed E-state index contributed by atoms with van der Waals surface area (Å²) in [5.41, 5.74) is 0. The summed E-state index contributed by atoms with van der Waals surface area (Å²) in [5.74, 6) is 1.44. The van der Waals surface area contributed by atoms with Gasteiger partial charge in [-0.15, -0.1) is 0 Å². The summed E-state index contributed by atoms with van der Waals surface area (Å²) in [5, 5.41) is 3.64. The number of carbonyl (C=O) groups is 1. The smallest absolute Gasteiger partial charge is 0.241 e. The first kappa shape index (κ1) is 14.8. The molecular formula is C16H30N2O. The lowest BCUT2D eigenvalue weighted by Gasteiger charge is -2.29. The van der Waals surface area contributed by atoms with Gasteiger partial charge in [0.1, 0.15) is 0 Å². The number of nitrogens with zero attached hydrogens (tertiary/aromatic N) is 1. The van der Waals surface area contributed by atoms with Gasteiger partial charge in [-0.25, -0.2) is 0 Å². The van der Waals surface area contributed by atoms with Crippen molar-refractivity contribution in [1.82, 2.24) is 10.2 Å². The quantitative estimate of drug-likeness (QED) is 0.749. The number of rotatable bonds is 6. The van der Waals surface area contributed by atoms with E-state index in [1.54, 1.807) is 0 Å². The Morgan fingerprint density at radius 3 is 2.53 bits per heavy atom. The average molecular weight is 266 g/mol. The predicted octanol–water partition coefficient (Wildman–Crippen LogP) is 3.15. The summed E-state index contributed by atoms with van der Waals surface area (Å²) in [6, 6.07) is 0.0484. The Labute approximate surface area is 118 Å². The molecule has 0 spiro atoms. The predicted molar refractivity (Wildman–Crippen MR) is 78.7 cm³/mol. The SMILES string of the molecule is CCCCCN1C(=O)C(C(C)C)NC1C1CCCC1. The van der Waals surface area contributed by atoms with Gasteiger partial charge >= 0.3 is 0 Å². The summed E-state index contributed by atoms with van der Waals surface area (Å²) in [7, 11) is 0. The molecule has 3 nitrogen and oxygen atoms in total. The van der Waals surface area contributed by atoms with Gasteiger partial charge in [0.15, 0.2) is 0 Å². The van der Waals surface area contributed by atoms with Crippen LogP contribution in [-0.4, -0.2) is 29.6 Å². The van der Waals surface area contributed by atoms with Crippen molar-refractivity contribution in [3.63, 3.8) is 0 Å². The van der Waals surface area contributed by atoms with E-state index in [0.717, 1.165) is 13.0 Å². The Morgan fingerprint density at radius 2 is 1.95 bits per heavy atom. The van der Waals surface area contributed by atoms with Crippen LogP contribution in [0.1, 0.15) is 65.7 Å². The number of unbranched alkanes of at least 4 members (excludes halogenated alkanes) is 2. The molecule has 1 aliphatic carbocycles. The monoisotopic (exact) mass is 266 g/mol. The summed E-state index contributed by atoms with van der Waals surface area (Å²) < 4.78 is 0. The zero-order valence-electron chi connectivity index (χ0n) is 12.8. The standard InChI is InChI=1S/C16H30N2O/c1-4-5-8-11-18-15(13-9-6-7-10-13)17-14(12(2)3)16(18)19/h12-15,17H,4-11H2,1-3H3. The molecule has 3 heteroatoms. The molecule has 2 rings (SSSR count). The van der Waals surface area contributed by atoms with Gasteiger partial charge in [-0.2, -0.15) is 0 Å². The van der Waals surface area contributed by atoms with E-state index < -0.39 is 0 Å². The van der Waals surface area contributed by atoms with Gasteiger partial charge in [-0.3, -0.25) is 10.1 Å². The third-order valence-corrected chi connectivity index (χ3v) is 4.75. The fourth-order valence-corrected chi connectivity index (χ4v) is 3.58. The highest BCUT2D eigenvalue weighted by Crippen LogP contribution is 2.33. The molecule has 1 N–H and O–H groups in total. The van der Waals surface area contributed by atoms with E-state index in [9.17, 15) is 4.79 Å². The largest absolute Gasteiger partial charge is 0.326 e. The van der Waals surface area contributed by atoms with E-state index in [0.29, 0.717) is 23.9 Å². The molecule has 2 aliphatic rings. The van der Waals surface area contributed by atoms with Crippen LogP contribution in [0.3, 0.4) is 0 Å². The molecule has 1 aliphatic heterocycles. The van der Waals surface area contributed by atoms with Gasteiger partial charge in [0.05, 0.1) is 12.2 Å². The van der Waals surface area contributed by atoms with Crippen LogP contribution in [0.2, 0.25) is 0 Å². The molecule has 2 fully saturated rings. The van der Waals surface area contributed by atoms with Gasteiger partial charge in [0.25, 0.3) is 0 Å². The fourth-order valence-electron chi connectivity index (χ4n) is 3.58. The number of hydrogen-bond donors (Lipinski definition) is 1.